The van der Waals surface area contributed by atoms with Crippen molar-refractivity contribution in [3.8, 4) is 0 Å². The van der Waals surface area contributed by atoms with Gasteiger partial charge in [-0.05, 0) is 18.9 Å². The van der Waals surface area contributed by atoms with Crippen molar-refractivity contribution >= 4 is 0 Å². The molecule has 0 aromatic carbocycles. The van der Waals surface area contributed by atoms with Crippen LogP contribution in [0.5, 0.6) is 0 Å². The molecule has 0 aliphatic carbocycles. The first-order valence-electron chi connectivity index (χ1n) is 4.28. The smallest absolute Gasteiger partial charge is 0.347 e. The number of aryl methyl sites for hydroxylation is 1. The van der Waals surface area contributed by atoms with Crippen LogP contribution >= 0.6 is 0 Å². The summed E-state index contributed by atoms with van der Waals surface area (Å²) in [5.74, 6) is 0.0854. The van der Waals surface area contributed by atoms with E-state index < -0.39 is 0 Å². The number of rotatable bonds is 3. The molecule has 1 rings (SSSR count). The van der Waals surface area contributed by atoms with Gasteiger partial charge in [0, 0.05) is 25.0 Å². The van der Waals surface area contributed by atoms with Crippen molar-refractivity contribution < 1.29 is 5.11 Å². The second-order valence-corrected chi connectivity index (χ2v) is 3.29. The van der Waals surface area contributed by atoms with Gasteiger partial charge >= 0.3 is 5.69 Å². The lowest BCUT2D eigenvalue weighted by Gasteiger charge is -2.09. The molecule has 1 N–H and O–H groups in total. The van der Waals surface area contributed by atoms with E-state index in [1.807, 2.05) is 6.92 Å². The minimum Gasteiger partial charge on any atom is -0.396 e. The molecule has 0 radical (unpaired) electrons. The van der Waals surface area contributed by atoms with Gasteiger partial charge in [-0.15, -0.1) is 0 Å². The maximum atomic E-state index is 11.3. The van der Waals surface area contributed by atoms with Crippen LogP contribution in [0.25, 0.3) is 0 Å². The van der Waals surface area contributed by atoms with Crippen LogP contribution in [0.1, 0.15) is 12.6 Å². The molecule has 1 unspecified atom stereocenters. The summed E-state index contributed by atoms with van der Waals surface area (Å²) < 4.78 is 1.51. The first-order valence-corrected chi connectivity index (χ1v) is 4.28. The van der Waals surface area contributed by atoms with Gasteiger partial charge in [0.15, 0.2) is 0 Å². The fourth-order valence-corrected chi connectivity index (χ4v) is 1.05. The van der Waals surface area contributed by atoms with Gasteiger partial charge < -0.3 is 5.11 Å². The maximum Gasteiger partial charge on any atom is 0.347 e. The van der Waals surface area contributed by atoms with Gasteiger partial charge in [0.25, 0.3) is 0 Å². The van der Waals surface area contributed by atoms with Crippen LogP contribution in [0.4, 0.5) is 0 Å². The van der Waals surface area contributed by atoms with Crippen LogP contribution in [0.2, 0.25) is 0 Å². The average molecular weight is 182 g/mol. The largest absolute Gasteiger partial charge is 0.396 e. The molecule has 1 aromatic heterocycles. The molecule has 0 amide bonds. The summed E-state index contributed by atoms with van der Waals surface area (Å²) in [5.41, 5.74) is 0.471. The molecule has 1 atom stereocenters. The van der Waals surface area contributed by atoms with Crippen LogP contribution in [0.3, 0.4) is 0 Å². The van der Waals surface area contributed by atoms with E-state index in [-0.39, 0.29) is 18.2 Å². The van der Waals surface area contributed by atoms with Gasteiger partial charge in [0.05, 0.1) is 0 Å². The van der Waals surface area contributed by atoms with Gasteiger partial charge in [-0.1, -0.05) is 6.92 Å². The van der Waals surface area contributed by atoms with E-state index in [1.54, 1.807) is 19.2 Å². The van der Waals surface area contributed by atoms with Crippen LogP contribution in [0, 0.1) is 12.8 Å². The maximum absolute atomic E-state index is 11.3. The first kappa shape index (κ1) is 9.92. The molecular weight excluding hydrogens is 168 g/mol. The number of aliphatic hydroxyl groups is 1. The fraction of sp³-hybridized carbons (Fsp3) is 0.556. The molecule has 13 heavy (non-hydrogen) atoms. The lowest BCUT2D eigenvalue weighted by molar-refractivity contribution is 0.221. The van der Waals surface area contributed by atoms with Crippen molar-refractivity contribution in [3.63, 3.8) is 0 Å². The molecule has 0 spiro atoms. The zero-order valence-corrected chi connectivity index (χ0v) is 7.90. The van der Waals surface area contributed by atoms with E-state index in [1.165, 1.54) is 4.57 Å². The Labute approximate surface area is 76.9 Å². The molecule has 4 nitrogen and oxygen atoms in total. The van der Waals surface area contributed by atoms with Gasteiger partial charge in [0.1, 0.15) is 0 Å². The van der Waals surface area contributed by atoms with Crippen molar-refractivity contribution in [3.05, 3.63) is 28.4 Å². The van der Waals surface area contributed by atoms with E-state index in [2.05, 4.69) is 4.98 Å². The average Bonchev–Trinajstić information content (AvgIpc) is 2.09. The van der Waals surface area contributed by atoms with Gasteiger partial charge in [-0.2, -0.15) is 4.98 Å². The first-order chi connectivity index (χ1) is 6.13. The van der Waals surface area contributed by atoms with Gasteiger partial charge in [-0.3, -0.25) is 4.57 Å². The second-order valence-electron chi connectivity index (χ2n) is 3.29. The quantitative estimate of drug-likeness (QED) is 0.725. The lowest BCUT2D eigenvalue weighted by Crippen LogP contribution is -2.26. The third-order valence-electron chi connectivity index (χ3n) is 1.83. The minimum atomic E-state index is -0.250. The summed E-state index contributed by atoms with van der Waals surface area (Å²) in [4.78, 5) is 15.0. The molecule has 0 aliphatic heterocycles. The Balaban J connectivity index is 2.84. The summed E-state index contributed by atoms with van der Waals surface area (Å²) in [6.07, 6.45) is 1.71. The number of aromatic nitrogens is 2. The third-order valence-corrected chi connectivity index (χ3v) is 1.83. The number of hydrogen-bond donors (Lipinski definition) is 1. The molecule has 0 fully saturated rings. The highest BCUT2D eigenvalue weighted by Crippen LogP contribution is 1.96. The van der Waals surface area contributed by atoms with Crippen molar-refractivity contribution in [2.75, 3.05) is 6.61 Å². The predicted molar refractivity (Wildman–Crippen MR) is 49.5 cm³/mol. The molecule has 4 heteroatoms. The molecule has 0 bridgehead atoms. The molecule has 0 saturated heterocycles. The minimum absolute atomic E-state index is 0.0836. The SMILES string of the molecule is Cc1ccn(CC(C)CO)c(=O)n1. The molecule has 1 aromatic rings. The van der Waals surface area contributed by atoms with E-state index in [0.29, 0.717) is 6.54 Å². The van der Waals surface area contributed by atoms with Gasteiger partial charge in [-0.25, -0.2) is 4.79 Å². The monoisotopic (exact) mass is 182 g/mol. The molecule has 0 aliphatic rings. The third kappa shape index (κ3) is 2.66. The highest BCUT2D eigenvalue weighted by atomic mass is 16.3. The Morgan fingerprint density at radius 2 is 2.38 bits per heavy atom. The molecule has 1 heterocycles. The van der Waals surface area contributed by atoms with Crippen molar-refractivity contribution in [2.45, 2.75) is 20.4 Å². The Bertz CT molecular complexity index is 333. The van der Waals surface area contributed by atoms with E-state index in [9.17, 15) is 4.79 Å². The van der Waals surface area contributed by atoms with E-state index >= 15 is 0 Å². The Hall–Kier alpha value is -1.16. The Morgan fingerprint density at radius 3 is 2.92 bits per heavy atom. The zero-order valence-electron chi connectivity index (χ0n) is 7.90. The van der Waals surface area contributed by atoms with Crippen LogP contribution in [-0.2, 0) is 6.54 Å². The lowest BCUT2D eigenvalue weighted by atomic mass is 10.2. The van der Waals surface area contributed by atoms with Crippen molar-refractivity contribution in [1.82, 2.24) is 9.55 Å². The molecule has 0 saturated carbocycles. The number of hydrogen-bond acceptors (Lipinski definition) is 3. The highest BCUT2D eigenvalue weighted by molar-refractivity contribution is 4.95. The summed E-state index contributed by atoms with van der Waals surface area (Å²) >= 11 is 0. The Morgan fingerprint density at radius 1 is 1.69 bits per heavy atom. The zero-order chi connectivity index (χ0) is 9.84. The predicted octanol–water partition coefficient (Wildman–Crippen LogP) is 0.180. The normalized spacial score (nSPS) is 12.8. The summed E-state index contributed by atoms with van der Waals surface area (Å²) in [6.45, 7) is 4.26. The number of aliphatic hydroxyl groups excluding tert-OH is 1. The van der Waals surface area contributed by atoms with Crippen LogP contribution in [0.15, 0.2) is 17.1 Å². The second kappa shape index (κ2) is 4.18. The number of nitrogens with zero attached hydrogens (tertiary/aromatic N) is 2. The van der Waals surface area contributed by atoms with Crippen molar-refractivity contribution in [2.24, 2.45) is 5.92 Å². The van der Waals surface area contributed by atoms with Crippen LogP contribution < -0.4 is 5.69 Å². The van der Waals surface area contributed by atoms with Gasteiger partial charge in [0.2, 0.25) is 0 Å². The van der Waals surface area contributed by atoms with E-state index in [0.717, 1.165) is 5.69 Å². The summed E-state index contributed by atoms with van der Waals surface area (Å²) in [5, 5.41) is 8.81. The molecule has 72 valence electrons. The highest BCUT2D eigenvalue weighted by Gasteiger charge is 2.03. The summed E-state index contributed by atoms with van der Waals surface area (Å²) in [6, 6.07) is 1.78. The summed E-state index contributed by atoms with van der Waals surface area (Å²) in [7, 11) is 0. The van der Waals surface area contributed by atoms with Crippen molar-refractivity contribution in [1.29, 1.82) is 0 Å². The molecular formula is C9H14N2O2. The van der Waals surface area contributed by atoms with Crippen LogP contribution in [-0.4, -0.2) is 21.3 Å². The van der Waals surface area contributed by atoms with E-state index in [4.69, 9.17) is 5.11 Å². The standard InChI is InChI=1S/C9H14N2O2/c1-7(6-12)5-11-4-3-8(2)10-9(11)13/h3-4,7,12H,5-6H2,1-2H3. The Kier molecular flexibility index (Phi) is 3.19. The topological polar surface area (TPSA) is 55.1 Å². The fourth-order valence-electron chi connectivity index (χ4n) is 1.05.